The summed E-state index contributed by atoms with van der Waals surface area (Å²) in [4.78, 5) is 13.3. The van der Waals surface area contributed by atoms with E-state index in [9.17, 15) is 4.79 Å². The zero-order valence-corrected chi connectivity index (χ0v) is 11.2. The van der Waals surface area contributed by atoms with E-state index < -0.39 is 0 Å². The number of hydrogen-bond donors (Lipinski definition) is 2. The molecule has 1 aliphatic carbocycles. The molecule has 0 atom stereocenters. The summed E-state index contributed by atoms with van der Waals surface area (Å²) >= 11 is 0. The average molecular weight is 241 g/mol. The lowest BCUT2D eigenvalue weighted by Crippen LogP contribution is -2.41. The van der Waals surface area contributed by atoms with Crippen LogP contribution >= 0.6 is 0 Å². The van der Waals surface area contributed by atoms with Crippen molar-refractivity contribution in [2.45, 2.75) is 58.0 Å². The maximum absolute atomic E-state index is 11.1. The number of nitrogens with two attached hydrogens (primary N) is 1. The van der Waals surface area contributed by atoms with Gasteiger partial charge in [-0.1, -0.05) is 26.7 Å². The minimum atomic E-state index is -0.200. The van der Waals surface area contributed by atoms with Crippen molar-refractivity contribution in [3.05, 3.63) is 0 Å². The number of nitrogens with zero attached hydrogens (tertiary/aromatic N) is 1. The van der Waals surface area contributed by atoms with Crippen LogP contribution in [0.3, 0.4) is 0 Å². The van der Waals surface area contributed by atoms with Gasteiger partial charge in [-0.25, -0.2) is 0 Å². The molecule has 17 heavy (non-hydrogen) atoms. The third-order valence-corrected chi connectivity index (χ3v) is 3.37. The first-order valence-corrected chi connectivity index (χ1v) is 6.85. The molecule has 0 aromatic heterocycles. The van der Waals surface area contributed by atoms with Crippen molar-refractivity contribution >= 4 is 5.91 Å². The molecular weight excluding hydrogens is 214 g/mol. The highest BCUT2D eigenvalue weighted by Crippen LogP contribution is 2.23. The largest absolute Gasteiger partial charge is 0.369 e. The second-order valence-corrected chi connectivity index (χ2v) is 5.34. The third kappa shape index (κ3) is 6.03. The highest BCUT2D eigenvalue weighted by Gasteiger charge is 2.23. The van der Waals surface area contributed by atoms with Crippen LogP contribution in [0.2, 0.25) is 0 Å². The lowest BCUT2D eigenvalue weighted by molar-refractivity contribution is -0.119. The van der Waals surface area contributed by atoms with Crippen molar-refractivity contribution in [1.82, 2.24) is 10.2 Å². The summed E-state index contributed by atoms with van der Waals surface area (Å²) in [5.41, 5.74) is 5.32. The van der Waals surface area contributed by atoms with Crippen molar-refractivity contribution in [3.8, 4) is 0 Å². The predicted octanol–water partition coefficient (Wildman–Crippen LogP) is 1.10. The van der Waals surface area contributed by atoms with Crippen LogP contribution in [0.25, 0.3) is 0 Å². The summed E-state index contributed by atoms with van der Waals surface area (Å²) in [6.07, 6.45) is 6.13. The van der Waals surface area contributed by atoms with Gasteiger partial charge in [-0.05, 0) is 25.8 Å². The maximum atomic E-state index is 11.1. The van der Waals surface area contributed by atoms with Gasteiger partial charge in [0.05, 0.1) is 6.54 Å². The van der Waals surface area contributed by atoms with Gasteiger partial charge in [0, 0.05) is 18.6 Å². The van der Waals surface area contributed by atoms with Crippen molar-refractivity contribution in [2.75, 3.05) is 19.6 Å². The Balaban J connectivity index is 2.27. The Hall–Kier alpha value is -0.610. The van der Waals surface area contributed by atoms with Crippen molar-refractivity contribution < 1.29 is 4.79 Å². The molecule has 1 amide bonds. The molecule has 0 spiro atoms. The van der Waals surface area contributed by atoms with Gasteiger partial charge in [0.25, 0.3) is 0 Å². The van der Waals surface area contributed by atoms with E-state index in [2.05, 4.69) is 24.1 Å². The van der Waals surface area contributed by atoms with Crippen LogP contribution in [0.5, 0.6) is 0 Å². The summed E-state index contributed by atoms with van der Waals surface area (Å²) in [7, 11) is 0. The standard InChI is InChI=1S/C13H27N3O/c1-11(2)15-8-5-9-16(10-13(14)17)12-6-3-4-7-12/h11-12,15H,3-10H2,1-2H3,(H2,14,17). The van der Waals surface area contributed by atoms with Crippen molar-refractivity contribution in [2.24, 2.45) is 5.73 Å². The fourth-order valence-corrected chi connectivity index (χ4v) is 2.53. The Morgan fingerprint density at radius 3 is 2.59 bits per heavy atom. The van der Waals surface area contributed by atoms with Gasteiger partial charge in [-0.2, -0.15) is 0 Å². The summed E-state index contributed by atoms with van der Waals surface area (Å²) in [5.74, 6) is -0.200. The number of hydrogen-bond acceptors (Lipinski definition) is 3. The van der Waals surface area contributed by atoms with Gasteiger partial charge in [-0.3, -0.25) is 9.69 Å². The van der Waals surface area contributed by atoms with Gasteiger partial charge >= 0.3 is 0 Å². The molecule has 1 aliphatic rings. The molecule has 1 saturated carbocycles. The molecule has 3 N–H and O–H groups in total. The minimum Gasteiger partial charge on any atom is -0.369 e. The number of nitrogens with one attached hydrogen (secondary N) is 1. The Morgan fingerprint density at radius 2 is 2.06 bits per heavy atom. The topological polar surface area (TPSA) is 58.4 Å². The maximum Gasteiger partial charge on any atom is 0.231 e. The minimum absolute atomic E-state index is 0.200. The second kappa shape index (κ2) is 7.67. The smallest absolute Gasteiger partial charge is 0.231 e. The number of amides is 1. The quantitative estimate of drug-likeness (QED) is 0.626. The Morgan fingerprint density at radius 1 is 1.41 bits per heavy atom. The molecule has 0 aromatic carbocycles. The van der Waals surface area contributed by atoms with Gasteiger partial charge in [-0.15, -0.1) is 0 Å². The first-order chi connectivity index (χ1) is 8.09. The zero-order valence-electron chi connectivity index (χ0n) is 11.2. The van der Waals surface area contributed by atoms with Crippen LogP contribution in [0.15, 0.2) is 0 Å². The van der Waals surface area contributed by atoms with Gasteiger partial charge in [0.1, 0.15) is 0 Å². The molecule has 0 unspecified atom stereocenters. The molecular formula is C13H27N3O. The molecule has 0 aromatic rings. The fourth-order valence-electron chi connectivity index (χ4n) is 2.53. The first-order valence-electron chi connectivity index (χ1n) is 6.85. The molecule has 100 valence electrons. The van der Waals surface area contributed by atoms with Crippen LogP contribution in [0.4, 0.5) is 0 Å². The Bertz CT molecular complexity index is 225. The summed E-state index contributed by atoms with van der Waals surface area (Å²) in [5, 5.41) is 3.40. The Labute approximate surface area is 105 Å². The molecule has 1 rings (SSSR count). The first kappa shape index (κ1) is 14.5. The van der Waals surface area contributed by atoms with Gasteiger partial charge in [0.2, 0.25) is 5.91 Å². The monoisotopic (exact) mass is 241 g/mol. The lowest BCUT2D eigenvalue weighted by atomic mass is 10.2. The normalized spacial score (nSPS) is 17.2. The van der Waals surface area contributed by atoms with E-state index in [1.807, 2.05) is 0 Å². The third-order valence-electron chi connectivity index (χ3n) is 3.37. The summed E-state index contributed by atoms with van der Waals surface area (Å²) in [6.45, 7) is 6.72. The van der Waals surface area contributed by atoms with E-state index in [-0.39, 0.29) is 5.91 Å². The Kier molecular flexibility index (Phi) is 6.52. The van der Waals surface area contributed by atoms with Crippen LogP contribution in [-0.2, 0) is 4.79 Å². The molecule has 4 heteroatoms. The summed E-state index contributed by atoms with van der Waals surface area (Å²) < 4.78 is 0. The van der Waals surface area contributed by atoms with Gasteiger partial charge in [0.15, 0.2) is 0 Å². The highest BCUT2D eigenvalue weighted by molar-refractivity contribution is 5.75. The van der Waals surface area contributed by atoms with Crippen molar-refractivity contribution in [3.63, 3.8) is 0 Å². The molecule has 0 radical (unpaired) electrons. The van der Waals surface area contributed by atoms with Crippen LogP contribution < -0.4 is 11.1 Å². The molecule has 0 heterocycles. The zero-order chi connectivity index (χ0) is 12.7. The summed E-state index contributed by atoms with van der Waals surface area (Å²) in [6, 6.07) is 1.12. The van der Waals surface area contributed by atoms with Gasteiger partial charge < -0.3 is 11.1 Å². The predicted molar refractivity (Wildman–Crippen MR) is 70.8 cm³/mol. The average Bonchev–Trinajstić information content (AvgIpc) is 2.74. The molecule has 0 aliphatic heterocycles. The highest BCUT2D eigenvalue weighted by atomic mass is 16.1. The molecule has 0 saturated heterocycles. The van der Waals surface area contributed by atoms with Crippen LogP contribution in [-0.4, -0.2) is 42.5 Å². The van der Waals surface area contributed by atoms with E-state index in [0.29, 0.717) is 18.6 Å². The van der Waals surface area contributed by atoms with E-state index >= 15 is 0 Å². The molecule has 4 nitrogen and oxygen atoms in total. The van der Waals surface area contributed by atoms with Crippen LogP contribution in [0.1, 0.15) is 46.0 Å². The fraction of sp³-hybridized carbons (Fsp3) is 0.923. The molecule has 1 fully saturated rings. The number of primary amides is 1. The number of rotatable bonds is 8. The van der Waals surface area contributed by atoms with Crippen LogP contribution in [0, 0.1) is 0 Å². The van der Waals surface area contributed by atoms with E-state index in [0.717, 1.165) is 19.5 Å². The van der Waals surface area contributed by atoms with E-state index in [1.165, 1.54) is 25.7 Å². The number of carbonyl (C=O) groups excluding carboxylic acids is 1. The second-order valence-electron chi connectivity index (χ2n) is 5.34. The SMILES string of the molecule is CC(C)NCCCN(CC(N)=O)C1CCCC1. The van der Waals surface area contributed by atoms with Crippen molar-refractivity contribution in [1.29, 1.82) is 0 Å². The van der Waals surface area contributed by atoms with E-state index in [4.69, 9.17) is 5.73 Å². The molecule has 0 bridgehead atoms. The number of carbonyl (C=O) groups is 1. The lowest BCUT2D eigenvalue weighted by Gasteiger charge is -2.27. The van der Waals surface area contributed by atoms with E-state index in [1.54, 1.807) is 0 Å².